The molecule has 4 atom stereocenters. The lowest BCUT2D eigenvalue weighted by atomic mass is 9.72. The fourth-order valence-corrected chi connectivity index (χ4v) is 14.1. The molecule has 3 saturated heterocycles. The highest BCUT2D eigenvalue weighted by molar-refractivity contribution is 7.99. The Hall–Kier alpha value is -4.99. The number of halogens is 4. The lowest BCUT2D eigenvalue weighted by Gasteiger charge is -2.46. The van der Waals surface area contributed by atoms with E-state index < -0.39 is 58.4 Å². The molecule has 0 spiro atoms. The first-order chi connectivity index (χ1) is 35.3. The highest BCUT2D eigenvalue weighted by Crippen LogP contribution is 2.44. The summed E-state index contributed by atoms with van der Waals surface area (Å²) < 4.78 is 111. The standard InChI is InChI=1S/C54H64ClF3N6O8S3/c1-52(2,3)72-51(66)64-32-40-26-41(64)31-62(40)22-20-39(34-73-43-9-7-6-8-10-43)59-46-17-16-44(27-49(46)74(67,68)54(56,57)58)75(69,70)60-50(65)36-13-18-47-48(25-36)71-33-42-30-61(23-24-63(42)47)29-37-28-53(4,5)21-19-45(37)35-11-14-38(55)15-12-35/h6-18,25,27,39-42,59H,19-24,26,28-34H2,1-5H3,(H,60,65)/t39-,40+,41+,42+/m1/s1. The lowest BCUT2D eigenvalue weighted by Crippen LogP contribution is -2.57. The molecule has 5 aliphatic rings. The van der Waals surface area contributed by atoms with Crippen molar-refractivity contribution < 1.29 is 49.1 Å². The number of nitrogens with one attached hydrogen (secondary N) is 2. The van der Waals surface area contributed by atoms with E-state index in [1.807, 2.05) is 47.2 Å². The summed E-state index contributed by atoms with van der Waals surface area (Å²) in [7, 11) is -11.1. The molecule has 0 unspecified atom stereocenters. The molecule has 0 aromatic heterocycles. The zero-order valence-electron chi connectivity index (χ0n) is 42.7. The number of sulfonamides is 1. The van der Waals surface area contributed by atoms with Crippen LogP contribution >= 0.6 is 23.4 Å². The predicted molar refractivity (Wildman–Crippen MR) is 286 cm³/mol. The zero-order valence-corrected chi connectivity index (χ0v) is 45.9. The quantitative estimate of drug-likeness (QED) is 0.109. The van der Waals surface area contributed by atoms with E-state index in [4.69, 9.17) is 21.1 Å². The topological polar surface area (TPSA) is 158 Å². The van der Waals surface area contributed by atoms with Crippen LogP contribution < -0.4 is 19.7 Å². The van der Waals surface area contributed by atoms with Crippen molar-refractivity contribution in [3.8, 4) is 5.75 Å². The number of ether oxygens (including phenoxy) is 2. The average molecular weight is 1110 g/mol. The van der Waals surface area contributed by atoms with E-state index >= 15 is 0 Å². The Morgan fingerprint density at radius 2 is 1.65 bits per heavy atom. The van der Waals surface area contributed by atoms with Crippen molar-refractivity contribution in [3.63, 3.8) is 0 Å². The molecule has 14 nitrogen and oxygen atoms in total. The van der Waals surface area contributed by atoms with E-state index in [0.29, 0.717) is 61.8 Å². The molecule has 4 aromatic carbocycles. The number of allylic oxidation sites excluding steroid dienone is 1. The number of fused-ring (bicyclic) bond motifs is 5. The number of alkyl halides is 3. The summed E-state index contributed by atoms with van der Waals surface area (Å²) in [5.74, 6) is -0.401. The van der Waals surface area contributed by atoms with Crippen LogP contribution in [0.5, 0.6) is 5.75 Å². The minimum absolute atomic E-state index is 0.0129. The normalized spacial score (nSPS) is 21.5. The molecular formula is C54H64ClF3N6O8S3. The minimum Gasteiger partial charge on any atom is -0.489 e. The third-order valence-electron chi connectivity index (χ3n) is 14.7. The number of anilines is 2. The number of thioether (sulfide) groups is 1. The zero-order chi connectivity index (χ0) is 53.7. The largest absolute Gasteiger partial charge is 0.501 e. The van der Waals surface area contributed by atoms with Gasteiger partial charge in [0, 0.05) is 85.2 Å². The van der Waals surface area contributed by atoms with Crippen LogP contribution in [0.3, 0.4) is 0 Å². The first kappa shape index (κ1) is 54.8. The number of likely N-dealkylation sites (tertiary alicyclic amines) is 2. The SMILES string of the molecule is CC1(C)CCC(c2ccc(Cl)cc2)=C(CN2CCN3c4ccc(C(=O)NS(=O)(=O)c5ccc(N[C@H](CCN6C[C@@H]7C[C@H]6CN7C(=O)OC(C)(C)C)CSc6ccccc6)c(S(=O)(=O)C(F)(F)F)c5)cc4OC[C@@H]3C2)C1. The number of benzene rings is 4. The van der Waals surface area contributed by atoms with E-state index in [9.17, 15) is 39.6 Å². The molecule has 404 valence electrons. The first-order valence-corrected chi connectivity index (χ1v) is 29.6. The van der Waals surface area contributed by atoms with E-state index in [1.165, 1.54) is 40.6 Å². The number of carbonyl (C=O) groups excluding carboxylic acids is 2. The van der Waals surface area contributed by atoms with Gasteiger partial charge >= 0.3 is 11.6 Å². The summed E-state index contributed by atoms with van der Waals surface area (Å²) in [6, 6.07) is 23.7. The summed E-state index contributed by atoms with van der Waals surface area (Å²) in [6.45, 7) is 14.9. The summed E-state index contributed by atoms with van der Waals surface area (Å²) >= 11 is 7.65. The van der Waals surface area contributed by atoms with Crippen LogP contribution in [0.4, 0.5) is 29.3 Å². The Labute approximate surface area is 447 Å². The Balaban J connectivity index is 0.883. The second-order valence-corrected chi connectivity index (χ2v) is 27.1. The number of carbonyl (C=O) groups is 2. The average Bonchev–Trinajstić information content (AvgIpc) is 3.96. The number of hydrogen-bond donors (Lipinski definition) is 2. The summed E-state index contributed by atoms with van der Waals surface area (Å²) in [5.41, 5.74) is -2.06. The molecule has 4 heterocycles. The van der Waals surface area contributed by atoms with Gasteiger partial charge < -0.3 is 24.6 Å². The van der Waals surface area contributed by atoms with Crippen molar-refractivity contribution in [2.45, 2.75) is 117 Å². The molecule has 21 heteroatoms. The number of rotatable bonds is 15. The molecule has 2 N–H and O–H groups in total. The van der Waals surface area contributed by atoms with Crippen molar-refractivity contribution in [1.29, 1.82) is 0 Å². The molecule has 2 amide bonds. The summed E-state index contributed by atoms with van der Waals surface area (Å²) in [4.78, 5) is 33.9. The molecule has 75 heavy (non-hydrogen) atoms. The van der Waals surface area contributed by atoms with Crippen molar-refractivity contribution in [2.75, 3.05) is 68.4 Å². The second-order valence-electron chi connectivity index (χ2n) is 22.0. The number of hydrogen-bond acceptors (Lipinski definition) is 13. The highest BCUT2D eigenvalue weighted by atomic mass is 35.5. The molecule has 3 fully saturated rings. The maximum atomic E-state index is 14.4. The second kappa shape index (κ2) is 21.4. The lowest BCUT2D eigenvalue weighted by molar-refractivity contribution is -0.0436. The van der Waals surface area contributed by atoms with Crippen molar-refractivity contribution >= 4 is 72.2 Å². The van der Waals surface area contributed by atoms with Gasteiger partial charge in [0.2, 0.25) is 0 Å². The molecular weight excluding hydrogens is 1050 g/mol. The maximum Gasteiger partial charge on any atom is 0.501 e. The summed E-state index contributed by atoms with van der Waals surface area (Å²) in [6.07, 6.45) is 3.79. The number of piperazine rings is 2. The van der Waals surface area contributed by atoms with E-state index in [-0.39, 0.29) is 35.2 Å². The van der Waals surface area contributed by atoms with Crippen molar-refractivity contribution in [3.05, 3.63) is 113 Å². The number of sulfone groups is 1. The van der Waals surface area contributed by atoms with Gasteiger partial charge in [0.15, 0.2) is 0 Å². The van der Waals surface area contributed by atoms with Gasteiger partial charge in [-0.2, -0.15) is 13.2 Å². The van der Waals surface area contributed by atoms with Crippen LogP contribution in [0.2, 0.25) is 5.02 Å². The van der Waals surface area contributed by atoms with Gasteiger partial charge in [-0.3, -0.25) is 14.6 Å². The molecule has 0 saturated carbocycles. The van der Waals surface area contributed by atoms with Crippen LogP contribution in [0.25, 0.3) is 5.57 Å². The Bertz CT molecular complexity index is 3050. The van der Waals surface area contributed by atoms with Gasteiger partial charge in [-0.25, -0.2) is 26.4 Å². The smallest absolute Gasteiger partial charge is 0.489 e. The molecule has 0 radical (unpaired) electrons. The Morgan fingerprint density at radius 3 is 2.35 bits per heavy atom. The van der Waals surface area contributed by atoms with E-state index in [0.717, 1.165) is 68.0 Å². The molecule has 2 bridgehead atoms. The number of amides is 2. The van der Waals surface area contributed by atoms with Gasteiger partial charge in [0.1, 0.15) is 22.9 Å². The van der Waals surface area contributed by atoms with Gasteiger partial charge in [-0.15, -0.1) is 11.8 Å². The third kappa shape index (κ3) is 12.6. The summed E-state index contributed by atoms with van der Waals surface area (Å²) in [5, 5.41) is 3.73. The Morgan fingerprint density at radius 1 is 0.907 bits per heavy atom. The van der Waals surface area contributed by atoms with Gasteiger partial charge in [-0.05, 0) is 130 Å². The van der Waals surface area contributed by atoms with Crippen molar-refractivity contribution in [1.82, 2.24) is 19.4 Å². The fourth-order valence-electron chi connectivity index (χ4n) is 10.9. The van der Waals surface area contributed by atoms with Crippen LogP contribution in [-0.2, 0) is 24.6 Å². The third-order valence-corrected chi connectivity index (χ3v) is 19.0. The Kier molecular flexibility index (Phi) is 15.7. The van der Waals surface area contributed by atoms with E-state index in [2.05, 4.69) is 46.0 Å². The van der Waals surface area contributed by atoms with Gasteiger partial charge in [-0.1, -0.05) is 61.4 Å². The monoisotopic (exact) mass is 1110 g/mol. The number of nitrogens with zero attached hydrogens (tertiary/aromatic N) is 4. The minimum atomic E-state index is -6.14. The molecule has 9 rings (SSSR count). The van der Waals surface area contributed by atoms with Crippen LogP contribution in [-0.4, -0.2) is 137 Å². The molecule has 4 aliphatic heterocycles. The molecule has 1 aliphatic carbocycles. The van der Waals surface area contributed by atoms with Crippen molar-refractivity contribution in [2.24, 2.45) is 5.41 Å². The van der Waals surface area contributed by atoms with E-state index in [1.54, 1.807) is 31.7 Å². The van der Waals surface area contributed by atoms with Gasteiger partial charge in [0.05, 0.1) is 22.3 Å². The first-order valence-electron chi connectivity index (χ1n) is 25.3. The predicted octanol–water partition coefficient (Wildman–Crippen LogP) is 9.96. The van der Waals surface area contributed by atoms with Gasteiger partial charge in [0.25, 0.3) is 25.8 Å². The van der Waals surface area contributed by atoms with Crippen LogP contribution in [0.1, 0.15) is 82.6 Å². The van der Waals surface area contributed by atoms with Crippen LogP contribution in [0.15, 0.2) is 111 Å². The fraction of sp³-hybridized carbons (Fsp3) is 0.481. The maximum absolute atomic E-state index is 14.4. The van der Waals surface area contributed by atoms with Crippen LogP contribution in [0, 0.1) is 5.41 Å². The highest BCUT2D eigenvalue weighted by Gasteiger charge is 2.49. The molecule has 4 aromatic rings.